The molecule has 3 heterocycles. The van der Waals surface area contributed by atoms with Crippen LogP contribution < -0.4 is 10.1 Å². The van der Waals surface area contributed by atoms with Gasteiger partial charge in [0.05, 0.1) is 18.5 Å². The molecule has 2 aliphatic heterocycles. The monoisotopic (exact) mass is 529 g/mol. The standard InChI is InChI=1S/C28H43N5O4.CH4/c1-20(2)19-33(22-16-21(17-29-18-22)27(34)31-12-5-6-13-31)28(35)26-30-25-23(10-9-11-24(25)37-4)32(26)14-7-8-15-36-3;/h9-11,20-22,29H,5-8,12-19H2,1-4H3;1H4/t21-,22+;/m1./s1. The summed E-state index contributed by atoms with van der Waals surface area (Å²) in [5.41, 5.74) is 1.60. The maximum Gasteiger partial charge on any atom is 0.290 e. The third-order valence-electron chi connectivity index (χ3n) is 7.49. The molecule has 9 heteroatoms. The molecule has 2 fully saturated rings. The van der Waals surface area contributed by atoms with Crippen LogP contribution in [-0.4, -0.2) is 90.8 Å². The largest absolute Gasteiger partial charge is 0.494 e. The number of para-hydroxylation sites is 1. The zero-order valence-corrected chi connectivity index (χ0v) is 22.9. The summed E-state index contributed by atoms with van der Waals surface area (Å²) in [5, 5.41) is 3.45. The van der Waals surface area contributed by atoms with Crippen LogP contribution in [0.4, 0.5) is 0 Å². The molecule has 1 aromatic heterocycles. The molecule has 9 nitrogen and oxygen atoms in total. The second-order valence-corrected chi connectivity index (χ2v) is 10.7. The number of methoxy groups -OCH3 is 2. The van der Waals surface area contributed by atoms with Crippen LogP contribution >= 0.6 is 0 Å². The van der Waals surface area contributed by atoms with Crippen molar-refractivity contribution in [3.05, 3.63) is 24.0 Å². The van der Waals surface area contributed by atoms with Gasteiger partial charge >= 0.3 is 0 Å². The van der Waals surface area contributed by atoms with E-state index in [0.29, 0.717) is 56.3 Å². The Morgan fingerprint density at radius 2 is 1.92 bits per heavy atom. The Hall–Kier alpha value is -2.65. The van der Waals surface area contributed by atoms with E-state index in [-0.39, 0.29) is 37.1 Å². The zero-order valence-electron chi connectivity index (χ0n) is 22.9. The third-order valence-corrected chi connectivity index (χ3v) is 7.49. The van der Waals surface area contributed by atoms with Crippen molar-refractivity contribution in [3.8, 4) is 5.75 Å². The first-order valence-electron chi connectivity index (χ1n) is 13.8. The number of aromatic nitrogens is 2. The number of amides is 2. The van der Waals surface area contributed by atoms with Gasteiger partial charge < -0.3 is 29.2 Å². The van der Waals surface area contributed by atoms with Gasteiger partial charge in [0, 0.05) is 59.0 Å². The van der Waals surface area contributed by atoms with Gasteiger partial charge in [0.1, 0.15) is 11.3 Å². The van der Waals surface area contributed by atoms with E-state index in [4.69, 9.17) is 14.5 Å². The number of hydrogen-bond donors (Lipinski definition) is 1. The van der Waals surface area contributed by atoms with Crippen molar-refractivity contribution in [1.29, 1.82) is 0 Å². The summed E-state index contributed by atoms with van der Waals surface area (Å²) in [5.74, 6) is 1.42. The molecule has 0 radical (unpaired) electrons. The molecule has 0 saturated carbocycles. The van der Waals surface area contributed by atoms with Gasteiger partial charge in [-0.1, -0.05) is 27.3 Å². The number of ether oxygens (including phenoxy) is 2. The number of hydrogen-bond acceptors (Lipinski definition) is 6. The fourth-order valence-electron chi connectivity index (χ4n) is 5.65. The number of carbonyl (C=O) groups excluding carboxylic acids is 2. The molecular formula is C29H47N5O4. The molecule has 2 aliphatic rings. The number of imidazole rings is 1. The van der Waals surface area contributed by atoms with Crippen LogP contribution in [-0.2, 0) is 16.1 Å². The molecular weight excluding hydrogens is 482 g/mol. The van der Waals surface area contributed by atoms with Crippen molar-refractivity contribution in [2.75, 3.05) is 53.6 Å². The predicted molar refractivity (Wildman–Crippen MR) is 151 cm³/mol. The van der Waals surface area contributed by atoms with Crippen LogP contribution in [0, 0.1) is 11.8 Å². The summed E-state index contributed by atoms with van der Waals surface area (Å²) in [6, 6.07) is 5.75. The summed E-state index contributed by atoms with van der Waals surface area (Å²) < 4.78 is 12.8. The van der Waals surface area contributed by atoms with Gasteiger partial charge in [0.15, 0.2) is 5.82 Å². The fraction of sp³-hybridized carbons (Fsp3) is 0.690. The number of likely N-dealkylation sites (tertiary alicyclic amines) is 1. The summed E-state index contributed by atoms with van der Waals surface area (Å²) >= 11 is 0. The average molecular weight is 530 g/mol. The maximum atomic E-state index is 14.2. The Labute approximate surface area is 227 Å². The number of nitrogens with one attached hydrogen (secondary N) is 1. The molecule has 0 aliphatic carbocycles. The van der Waals surface area contributed by atoms with Gasteiger partial charge in [-0.2, -0.15) is 0 Å². The molecule has 2 atom stereocenters. The highest BCUT2D eigenvalue weighted by Gasteiger charge is 2.37. The van der Waals surface area contributed by atoms with Crippen molar-refractivity contribution >= 4 is 22.8 Å². The summed E-state index contributed by atoms with van der Waals surface area (Å²) in [4.78, 5) is 36.2. The minimum Gasteiger partial charge on any atom is -0.494 e. The van der Waals surface area contributed by atoms with E-state index in [9.17, 15) is 9.59 Å². The molecule has 0 unspecified atom stereocenters. The first kappa shape index (κ1) is 29.9. The molecule has 0 bridgehead atoms. The van der Waals surface area contributed by atoms with E-state index in [1.807, 2.05) is 32.6 Å². The van der Waals surface area contributed by atoms with E-state index in [1.54, 1.807) is 14.2 Å². The average Bonchev–Trinajstić information content (AvgIpc) is 3.57. The second-order valence-electron chi connectivity index (χ2n) is 10.7. The van der Waals surface area contributed by atoms with Crippen molar-refractivity contribution in [3.63, 3.8) is 0 Å². The molecule has 4 rings (SSSR count). The lowest BCUT2D eigenvalue weighted by Gasteiger charge is -2.39. The van der Waals surface area contributed by atoms with Crippen molar-refractivity contribution < 1.29 is 19.1 Å². The van der Waals surface area contributed by atoms with Crippen LogP contribution in [0.1, 0.15) is 64.0 Å². The molecule has 1 aromatic carbocycles. The van der Waals surface area contributed by atoms with E-state index in [0.717, 1.165) is 44.3 Å². The van der Waals surface area contributed by atoms with Crippen molar-refractivity contribution in [2.24, 2.45) is 11.8 Å². The van der Waals surface area contributed by atoms with Gasteiger partial charge in [0.2, 0.25) is 5.91 Å². The second kappa shape index (κ2) is 13.9. The number of unbranched alkanes of at least 4 members (excludes halogenated alkanes) is 1. The molecule has 2 saturated heterocycles. The van der Waals surface area contributed by atoms with E-state index < -0.39 is 0 Å². The Bertz CT molecular complexity index is 1060. The first-order chi connectivity index (χ1) is 17.9. The predicted octanol–water partition coefficient (Wildman–Crippen LogP) is 3.81. The molecule has 212 valence electrons. The van der Waals surface area contributed by atoms with E-state index in [2.05, 4.69) is 19.2 Å². The van der Waals surface area contributed by atoms with Crippen LogP contribution in [0.25, 0.3) is 11.0 Å². The van der Waals surface area contributed by atoms with E-state index >= 15 is 0 Å². The molecule has 1 N–H and O–H groups in total. The molecule has 38 heavy (non-hydrogen) atoms. The number of aryl methyl sites for hydroxylation is 1. The normalized spacial score (nSPS) is 19.6. The van der Waals surface area contributed by atoms with E-state index in [1.165, 1.54) is 0 Å². The van der Waals surface area contributed by atoms with Gasteiger partial charge in [0.25, 0.3) is 5.91 Å². The van der Waals surface area contributed by atoms with Crippen LogP contribution in [0.5, 0.6) is 5.75 Å². The molecule has 2 aromatic rings. The third kappa shape index (κ3) is 6.67. The van der Waals surface area contributed by atoms with Crippen LogP contribution in [0.3, 0.4) is 0 Å². The quantitative estimate of drug-likeness (QED) is 0.446. The lowest BCUT2D eigenvalue weighted by Crippen LogP contribution is -2.55. The van der Waals surface area contributed by atoms with Gasteiger partial charge in [-0.15, -0.1) is 0 Å². The topological polar surface area (TPSA) is 88.9 Å². The highest BCUT2D eigenvalue weighted by Crippen LogP contribution is 2.28. The number of fused-ring (bicyclic) bond motifs is 1. The molecule has 0 spiro atoms. The number of carbonyl (C=O) groups is 2. The Morgan fingerprint density at radius 3 is 2.61 bits per heavy atom. The molecule has 2 amide bonds. The number of rotatable bonds is 11. The Balaban J connectivity index is 0.00000400. The minimum absolute atomic E-state index is 0. The highest BCUT2D eigenvalue weighted by atomic mass is 16.5. The summed E-state index contributed by atoms with van der Waals surface area (Å²) in [6.45, 7) is 9.26. The van der Waals surface area contributed by atoms with Crippen molar-refractivity contribution in [2.45, 2.75) is 66.0 Å². The fourth-order valence-corrected chi connectivity index (χ4v) is 5.65. The lowest BCUT2D eigenvalue weighted by molar-refractivity contribution is -0.135. The number of nitrogens with zero attached hydrogens (tertiary/aromatic N) is 4. The first-order valence-corrected chi connectivity index (χ1v) is 13.8. The lowest BCUT2D eigenvalue weighted by atomic mass is 9.92. The van der Waals surface area contributed by atoms with Crippen molar-refractivity contribution in [1.82, 2.24) is 24.7 Å². The van der Waals surface area contributed by atoms with Gasteiger partial charge in [-0.25, -0.2) is 4.98 Å². The zero-order chi connectivity index (χ0) is 26.4. The smallest absolute Gasteiger partial charge is 0.290 e. The Kier molecular flexibility index (Phi) is 11.0. The van der Waals surface area contributed by atoms with Gasteiger partial charge in [-0.3, -0.25) is 9.59 Å². The van der Waals surface area contributed by atoms with Crippen LogP contribution in [0.2, 0.25) is 0 Å². The number of piperidine rings is 1. The maximum absolute atomic E-state index is 14.2. The van der Waals surface area contributed by atoms with Gasteiger partial charge in [-0.05, 0) is 50.2 Å². The summed E-state index contributed by atoms with van der Waals surface area (Å²) in [7, 11) is 3.33. The Morgan fingerprint density at radius 1 is 1.16 bits per heavy atom. The van der Waals surface area contributed by atoms with Crippen LogP contribution in [0.15, 0.2) is 18.2 Å². The summed E-state index contributed by atoms with van der Waals surface area (Å²) in [6.07, 6.45) is 4.61. The minimum atomic E-state index is -0.104. The highest BCUT2D eigenvalue weighted by molar-refractivity contribution is 5.96. The SMILES string of the molecule is C.COCCCCn1c(C(=O)N(CC(C)C)[C@@H]2CNC[C@H](C(=O)N3CCCC3)C2)nc2c(OC)cccc21. The number of benzene rings is 1.